The van der Waals surface area contributed by atoms with Crippen molar-refractivity contribution in [3.63, 3.8) is 0 Å². The van der Waals surface area contributed by atoms with Crippen LogP contribution in [0.25, 0.3) is 0 Å². The summed E-state index contributed by atoms with van der Waals surface area (Å²) in [6, 6.07) is 24.8. The zero-order valence-corrected chi connectivity index (χ0v) is 25.6. The van der Waals surface area contributed by atoms with Gasteiger partial charge in [0.25, 0.3) is 0 Å². The van der Waals surface area contributed by atoms with Gasteiger partial charge >= 0.3 is 17.9 Å². The molecule has 4 rings (SSSR count). The van der Waals surface area contributed by atoms with Crippen LogP contribution in [0, 0.1) is 11.3 Å². The molecule has 4 aromatic carbocycles. The van der Waals surface area contributed by atoms with Gasteiger partial charge in [-0.25, -0.2) is 14.4 Å². The van der Waals surface area contributed by atoms with Crippen molar-refractivity contribution in [1.82, 2.24) is 0 Å². The van der Waals surface area contributed by atoms with E-state index in [-0.39, 0.29) is 35.0 Å². The number of carbonyl (C=O) groups is 3. The summed E-state index contributed by atoms with van der Waals surface area (Å²) in [7, 11) is 0. The van der Waals surface area contributed by atoms with E-state index >= 15 is 0 Å². The van der Waals surface area contributed by atoms with Crippen molar-refractivity contribution < 1.29 is 38.4 Å². The van der Waals surface area contributed by atoms with Crippen LogP contribution in [0.2, 0.25) is 0 Å². The largest absolute Gasteiger partial charge is 0.507 e. The number of nitriles is 1. The fourth-order valence-electron chi connectivity index (χ4n) is 4.39. The molecular weight excluding hydrogens is 586 g/mol. The number of nitrogens with zero attached hydrogens (tertiary/aromatic N) is 1. The average Bonchev–Trinajstić information content (AvgIpc) is 3.08. The summed E-state index contributed by atoms with van der Waals surface area (Å²) >= 11 is 0. The molecule has 0 aliphatic rings. The summed E-state index contributed by atoms with van der Waals surface area (Å²) < 4.78 is 21.8. The molecule has 236 valence electrons. The maximum absolute atomic E-state index is 12.7. The zero-order valence-electron chi connectivity index (χ0n) is 25.6. The van der Waals surface area contributed by atoms with Crippen molar-refractivity contribution in [2.24, 2.45) is 0 Å². The molecule has 0 saturated heterocycles. The number of unbranched alkanes of at least 4 members (excludes halogenated alkanes) is 5. The second-order valence-corrected chi connectivity index (χ2v) is 10.5. The van der Waals surface area contributed by atoms with Gasteiger partial charge in [-0.1, -0.05) is 51.2 Å². The van der Waals surface area contributed by atoms with Crippen LogP contribution in [0.3, 0.4) is 0 Å². The molecule has 0 unspecified atom stereocenters. The zero-order chi connectivity index (χ0) is 32.7. The lowest BCUT2D eigenvalue weighted by Crippen LogP contribution is -2.11. The molecule has 1 N–H and O–H groups in total. The summed E-state index contributed by atoms with van der Waals surface area (Å²) in [6.45, 7) is 2.75. The first-order chi connectivity index (χ1) is 22.4. The number of ether oxygens (including phenoxy) is 4. The van der Waals surface area contributed by atoms with E-state index in [4.69, 9.17) is 24.2 Å². The van der Waals surface area contributed by atoms with E-state index in [9.17, 15) is 19.5 Å². The highest BCUT2D eigenvalue weighted by molar-refractivity contribution is 5.95. The molecule has 9 heteroatoms. The smallest absolute Gasteiger partial charge is 0.343 e. The quantitative estimate of drug-likeness (QED) is 0.0802. The van der Waals surface area contributed by atoms with Gasteiger partial charge in [0.05, 0.1) is 29.4 Å². The van der Waals surface area contributed by atoms with Crippen molar-refractivity contribution >= 4 is 17.9 Å². The van der Waals surface area contributed by atoms with Gasteiger partial charge < -0.3 is 24.1 Å². The third kappa shape index (κ3) is 9.96. The van der Waals surface area contributed by atoms with Crippen LogP contribution in [0.1, 0.15) is 87.6 Å². The van der Waals surface area contributed by atoms with Gasteiger partial charge in [-0.3, -0.25) is 0 Å². The predicted molar refractivity (Wildman–Crippen MR) is 170 cm³/mol. The lowest BCUT2D eigenvalue weighted by molar-refractivity contribution is 0.0467. The van der Waals surface area contributed by atoms with E-state index in [2.05, 4.69) is 6.92 Å². The Morgan fingerprint density at radius 2 is 1.24 bits per heavy atom. The Kier molecular flexibility index (Phi) is 12.3. The van der Waals surface area contributed by atoms with Crippen LogP contribution < -0.4 is 14.2 Å². The van der Waals surface area contributed by atoms with E-state index in [1.165, 1.54) is 68.1 Å². The molecule has 0 radical (unpaired) electrons. The maximum Gasteiger partial charge on any atom is 0.343 e. The van der Waals surface area contributed by atoms with Gasteiger partial charge in [0.15, 0.2) is 0 Å². The monoisotopic (exact) mass is 621 g/mol. The molecule has 0 amide bonds. The molecule has 0 spiro atoms. The Bertz CT molecular complexity index is 1660. The lowest BCUT2D eigenvalue weighted by Gasteiger charge is -2.10. The molecule has 0 heterocycles. The minimum Gasteiger partial charge on any atom is -0.507 e. The van der Waals surface area contributed by atoms with Gasteiger partial charge in [-0.05, 0) is 90.8 Å². The number of benzene rings is 4. The van der Waals surface area contributed by atoms with Crippen LogP contribution >= 0.6 is 0 Å². The first kappa shape index (κ1) is 33.3. The standard InChI is InChI=1S/C37H35NO8/c1-2-3-4-5-6-7-22-43-30-16-12-28(13-17-30)35(40)45-31-18-14-29(15-19-31)36(41)46-32-20-21-34(39)33(23-32)37(42)44-25-27-10-8-26(24-38)9-11-27/h8-21,23,39H,2-7,22,25H2,1H3. The number of aromatic hydroxyl groups is 1. The summed E-state index contributed by atoms with van der Waals surface area (Å²) in [6.07, 6.45) is 7.08. The SMILES string of the molecule is CCCCCCCCOc1ccc(C(=O)Oc2ccc(C(=O)Oc3ccc(O)c(C(=O)OCc4ccc(C#N)cc4)c3)cc2)cc1. The summed E-state index contributed by atoms with van der Waals surface area (Å²) in [5, 5.41) is 19.1. The highest BCUT2D eigenvalue weighted by Crippen LogP contribution is 2.25. The molecule has 0 aliphatic carbocycles. The Morgan fingerprint density at radius 1 is 0.674 bits per heavy atom. The topological polar surface area (TPSA) is 132 Å². The number of hydrogen-bond acceptors (Lipinski definition) is 9. The average molecular weight is 622 g/mol. The highest BCUT2D eigenvalue weighted by Gasteiger charge is 2.17. The van der Waals surface area contributed by atoms with Crippen LogP contribution in [-0.4, -0.2) is 29.6 Å². The molecule has 0 aromatic heterocycles. The first-order valence-corrected chi connectivity index (χ1v) is 15.1. The third-order valence-electron chi connectivity index (χ3n) is 7.01. The van der Waals surface area contributed by atoms with Crippen LogP contribution in [0.5, 0.6) is 23.0 Å². The maximum atomic E-state index is 12.7. The van der Waals surface area contributed by atoms with Gasteiger partial charge in [-0.15, -0.1) is 0 Å². The molecule has 9 nitrogen and oxygen atoms in total. The Balaban J connectivity index is 1.26. The lowest BCUT2D eigenvalue weighted by atomic mass is 10.1. The Labute approximate surface area is 267 Å². The highest BCUT2D eigenvalue weighted by atomic mass is 16.5. The molecule has 46 heavy (non-hydrogen) atoms. The fourth-order valence-corrected chi connectivity index (χ4v) is 4.39. The minimum atomic E-state index is -0.818. The summed E-state index contributed by atoms with van der Waals surface area (Å²) in [5.74, 6) is -1.50. The molecule has 0 bridgehead atoms. The van der Waals surface area contributed by atoms with E-state index in [0.717, 1.165) is 12.8 Å². The van der Waals surface area contributed by atoms with Crippen LogP contribution in [0.4, 0.5) is 0 Å². The Hall–Kier alpha value is -5.62. The molecule has 0 fully saturated rings. The van der Waals surface area contributed by atoms with E-state index in [1.54, 1.807) is 48.5 Å². The van der Waals surface area contributed by atoms with Crippen molar-refractivity contribution in [1.29, 1.82) is 5.26 Å². The van der Waals surface area contributed by atoms with Crippen LogP contribution in [0.15, 0.2) is 91.0 Å². The number of carbonyl (C=O) groups excluding carboxylic acids is 3. The molecular formula is C37H35NO8. The van der Waals surface area contributed by atoms with Gasteiger partial charge in [0, 0.05) is 0 Å². The third-order valence-corrected chi connectivity index (χ3v) is 7.01. The molecule has 0 aliphatic heterocycles. The van der Waals surface area contributed by atoms with E-state index in [1.807, 2.05) is 6.07 Å². The fraction of sp³-hybridized carbons (Fsp3) is 0.243. The number of phenolic OH excluding ortho intramolecular Hbond substituents is 1. The second-order valence-electron chi connectivity index (χ2n) is 10.5. The van der Waals surface area contributed by atoms with Gasteiger partial charge in [0.2, 0.25) is 0 Å². The first-order valence-electron chi connectivity index (χ1n) is 15.1. The van der Waals surface area contributed by atoms with Gasteiger partial charge in [-0.2, -0.15) is 5.26 Å². The van der Waals surface area contributed by atoms with Crippen molar-refractivity contribution in [2.45, 2.75) is 52.1 Å². The normalized spacial score (nSPS) is 10.4. The number of phenols is 1. The molecule has 0 atom stereocenters. The number of hydrogen-bond donors (Lipinski definition) is 1. The minimum absolute atomic E-state index is 0.0167. The molecule has 4 aromatic rings. The van der Waals surface area contributed by atoms with Crippen molar-refractivity contribution in [3.05, 3.63) is 119 Å². The van der Waals surface area contributed by atoms with E-state index < -0.39 is 17.9 Å². The summed E-state index contributed by atoms with van der Waals surface area (Å²) in [5.41, 5.74) is 1.48. The summed E-state index contributed by atoms with van der Waals surface area (Å²) in [4.78, 5) is 37.9. The van der Waals surface area contributed by atoms with Crippen molar-refractivity contribution in [2.75, 3.05) is 6.61 Å². The second kappa shape index (κ2) is 17.0. The number of rotatable bonds is 15. The Morgan fingerprint density at radius 3 is 1.87 bits per heavy atom. The number of esters is 3. The van der Waals surface area contributed by atoms with E-state index in [0.29, 0.717) is 29.0 Å². The van der Waals surface area contributed by atoms with Crippen LogP contribution in [-0.2, 0) is 11.3 Å². The molecule has 0 saturated carbocycles. The van der Waals surface area contributed by atoms with Gasteiger partial charge in [0.1, 0.15) is 35.2 Å². The van der Waals surface area contributed by atoms with Crippen molar-refractivity contribution in [3.8, 4) is 29.1 Å². The predicted octanol–water partition coefficient (Wildman–Crippen LogP) is 7.80.